The number of nitrogens with zero attached hydrogens (tertiary/aromatic N) is 2. The third kappa shape index (κ3) is 5.64. The van der Waals surface area contributed by atoms with E-state index in [0.29, 0.717) is 12.8 Å². The molecule has 11 heteroatoms. The Balaban J connectivity index is 2.39. The van der Waals surface area contributed by atoms with Crippen LogP contribution in [0.25, 0.3) is 0 Å². The number of nitrogens with two attached hydrogens (primary N) is 1. The molecule has 3 N–H and O–H groups in total. The topological polar surface area (TPSA) is 135 Å². The van der Waals surface area contributed by atoms with Crippen LogP contribution in [0.5, 0.6) is 0 Å². The lowest BCUT2D eigenvalue weighted by molar-refractivity contribution is -0.0626. The van der Waals surface area contributed by atoms with Gasteiger partial charge in [-0.3, -0.25) is 13.6 Å². The zero-order valence-electron chi connectivity index (χ0n) is 16.1. The summed E-state index contributed by atoms with van der Waals surface area (Å²) in [5, 5.41) is 0. The number of terminal acetylenes is 1. The van der Waals surface area contributed by atoms with Gasteiger partial charge in [0.05, 0.1) is 12.2 Å². The molecule has 0 bridgehead atoms. The first-order valence-electron chi connectivity index (χ1n) is 8.93. The predicted octanol–water partition coefficient (Wildman–Crippen LogP) is 1.45. The highest BCUT2D eigenvalue weighted by Gasteiger charge is 2.50. The Hall–Kier alpha value is -1.73. The number of ether oxygens (including phenoxy) is 2. The fraction of sp³-hybridized carbons (Fsp3) is 0.647. The molecule has 156 valence electrons. The zero-order valence-corrected chi connectivity index (χ0v) is 17.0. The average molecular weight is 415 g/mol. The van der Waals surface area contributed by atoms with Gasteiger partial charge in [-0.25, -0.2) is 9.36 Å². The van der Waals surface area contributed by atoms with E-state index in [-0.39, 0.29) is 12.4 Å². The Labute approximate surface area is 163 Å². The SMILES string of the molecule is C#CCOC1C(OP(=O)(O)OC(C)C)C(CCC)OC1n1ccc(N)nc1=O. The second-order valence-electron chi connectivity index (χ2n) is 6.57. The van der Waals surface area contributed by atoms with Gasteiger partial charge in [-0.05, 0) is 26.3 Å². The maximum absolute atomic E-state index is 12.4. The standard InChI is InChI=1S/C17H26N3O7P/c1-5-7-12-14(27-28(22,23)26-11(3)4)15(24-10-6-2)16(25-12)20-9-8-13(18)19-17(20)21/h2,8-9,11-12,14-16H,5,7,10H2,1,3-4H3,(H,22,23)(H2,18,19,21). The first kappa shape index (κ1) is 22.6. The molecule has 2 heterocycles. The summed E-state index contributed by atoms with van der Waals surface area (Å²) in [7, 11) is -4.40. The van der Waals surface area contributed by atoms with Gasteiger partial charge < -0.3 is 20.1 Å². The maximum Gasteiger partial charge on any atom is 0.472 e. The highest BCUT2D eigenvalue weighted by molar-refractivity contribution is 7.47. The molecule has 5 atom stereocenters. The van der Waals surface area contributed by atoms with E-state index in [1.54, 1.807) is 13.8 Å². The highest BCUT2D eigenvalue weighted by Crippen LogP contribution is 2.50. The molecule has 10 nitrogen and oxygen atoms in total. The van der Waals surface area contributed by atoms with Crippen LogP contribution in [0.4, 0.5) is 5.82 Å². The van der Waals surface area contributed by atoms with Crippen molar-refractivity contribution in [2.75, 3.05) is 12.3 Å². The molecule has 0 spiro atoms. The summed E-state index contributed by atoms with van der Waals surface area (Å²) in [6.45, 7) is 5.03. The lowest BCUT2D eigenvalue weighted by Gasteiger charge is -2.26. The molecule has 0 radical (unpaired) electrons. The molecule has 5 unspecified atom stereocenters. The van der Waals surface area contributed by atoms with Gasteiger partial charge in [-0.1, -0.05) is 19.3 Å². The third-order valence-electron chi connectivity index (χ3n) is 3.94. The summed E-state index contributed by atoms with van der Waals surface area (Å²) in [6, 6.07) is 1.44. The number of anilines is 1. The second kappa shape index (κ2) is 9.65. The number of phosphoric ester groups is 1. The van der Waals surface area contributed by atoms with Crippen molar-refractivity contribution in [1.82, 2.24) is 9.55 Å². The van der Waals surface area contributed by atoms with E-state index in [9.17, 15) is 14.3 Å². The van der Waals surface area contributed by atoms with Gasteiger partial charge in [0.2, 0.25) is 0 Å². The Morgan fingerprint density at radius 2 is 2.21 bits per heavy atom. The summed E-state index contributed by atoms with van der Waals surface area (Å²) in [5.41, 5.74) is 4.89. The van der Waals surface area contributed by atoms with E-state index in [4.69, 9.17) is 30.7 Å². The molecule has 0 aromatic carbocycles. The monoisotopic (exact) mass is 415 g/mol. The Morgan fingerprint density at radius 1 is 1.50 bits per heavy atom. The van der Waals surface area contributed by atoms with Crippen LogP contribution in [0.2, 0.25) is 0 Å². The molecule has 0 amide bonds. The number of hydrogen-bond donors (Lipinski definition) is 2. The second-order valence-corrected chi connectivity index (χ2v) is 7.93. The fourth-order valence-electron chi connectivity index (χ4n) is 2.96. The molecule has 1 saturated heterocycles. The third-order valence-corrected chi connectivity index (χ3v) is 5.14. The van der Waals surface area contributed by atoms with Crippen LogP contribution in [0.1, 0.15) is 39.8 Å². The minimum Gasteiger partial charge on any atom is -0.383 e. The fourth-order valence-corrected chi connectivity index (χ4v) is 4.11. The van der Waals surface area contributed by atoms with E-state index in [0.717, 1.165) is 0 Å². The van der Waals surface area contributed by atoms with Crippen molar-refractivity contribution < 1.29 is 28.0 Å². The Kier molecular flexibility index (Phi) is 7.78. The molecule has 1 aliphatic heterocycles. The number of nitrogen functional groups attached to an aromatic ring is 1. The first-order chi connectivity index (χ1) is 13.2. The molecule has 1 aromatic heterocycles. The van der Waals surface area contributed by atoms with Crippen LogP contribution >= 0.6 is 7.82 Å². The summed E-state index contributed by atoms with van der Waals surface area (Å²) >= 11 is 0. The Morgan fingerprint density at radius 3 is 2.79 bits per heavy atom. The maximum atomic E-state index is 12.4. The van der Waals surface area contributed by atoms with Crippen molar-refractivity contribution in [3.63, 3.8) is 0 Å². The van der Waals surface area contributed by atoms with Crippen LogP contribution < -0.4 is 11.4 Å². The van der Waals surface area contributed by atoms with Crippen molar-refractivity contribution in [3.05, 3.63) is 22.7 Å². The highest BCUT2D eigenvalue weighted by atomic mass is 31.2. The lowest BCUT2D eigenvalue weighted by atomic mass is 10.1. The van der Waals surface area contributed by atoms with Gasteiger partial charge in [0, 0.05) is 6.20 Å². The Bertz CT molecular complexity index is 807. The van der Waals surface area contributed by atoms with Gasteiger partial charge in [-0.15, -0.1) is 6.42 Å². The number of hydrogen-bond acceptors (Lipinski definition) is 8. The minimum absolute atomic E-state index is 0.0587. The quantitative estimate of drug-likeness (QED) is 0.454. The molecule has 2 rings (SSSR count). The van der Waals surface area contributed by atoms with Crippen LogP contribution in [0.3, 0.4) is 0 Å². The van der Waals surface area contributed by atoms with Gasteiger partial charge in [0.25, 0.3) is 0 Å². The average Bonchev–Trinajstić information content (AvgIpc) is 2.89. The van der Waals surface area contributed by atoms with E-state index in [1.807, 2.05) is 6.92 Å². The number of phosphoric acid groups is 1. The van der Waals surface area contributed by atoms with E-state index >= 15 is 0 Å². The molecule has 0 aliphatic carbocycles. The van der Waals surface area contributed by atoms with Crippen LogP contribution in [0.15, 0.2) is 17.1 Å². The lowest BCUT2D eigenvalue weighted by Crippen LogP contribution is -2.39. The molecule has 1 aliphatic rings. The summed E-state index contributed by atoms with van der Waals surface area (Å²) in [6.07, 6.45) is 3.85. The molecule has 0 saturated carbocycles. The van der Waals surface area contributed by atoms with Crippen molar-refractivity contribution >= 4 is 13.6 Å². The van der Waals surface area contributed by atoms with Gasteiger partial charge in [0.15, 0.2) is 6.23 Å². The number of aromatic nitrogens is 2. The molecule has 1 fully saturated rings. The first-order valence-corrected chi connectivity index (χ1v) is 10.4. The van der Waals surface area contributed by atoms with Gasteiger partial charge in [-0.2, -0.15) is 4.98 Å². The normalized spacial score (nSPS) is 26.9. The summed E-state index contributed by atoms with van der Waals surface area (Å²) in [4.78, 5) is 26.0. The van der Waals surface area contributed by atoms with Crippen molar-refractivity contribution in [3.8, 4) is 12.3 Å². The molecular formula is C17H26N3O7P. The van der Waals surface area contributed by atoms with Crippen LogP contribution in [-0.2, 0) is 23.1 Å². The van der Waals surface area contributed by atoms with E-state index < -0.39 is 44.2 Å². The summed E-state index contributed by atoms with van der Waals surface area (Å²) < 4.78 is 35.6. The van der Waals surface area contributed by atoms with Gasteiger partial charge in [0.1, 0.15) is 24.6 Å². The van der Waals surface area contributed by atoms with Crippen LogP contribution in [-0.4, -0.2) is 45.5 Å². The van der Waals surface area contributed by atoms with Crippen LogP contribution in [0, 0.1) is 12.3 Å². The minimum atomic E-state index is -4.40. The van der Waals surface area contributed by atoms with Gasteiger partial charge >= 0.3 is 13.5 Å². The van der Waals surface area contributed by atoms with Crippen molar-refractivity contribution in [1.29, 1.82) is 0 Å². The molecular weight excluding hydrogens is 389 g/mol. The zero-order chi connectivity index (χ0) is 20.9. The summed E-state index contributed by atoms with van der Waals surface area (Å²) in [5.74, 6) is 2.39. The predicted molar refractivity (Wildman–Crippen MR) is 101 cm³/mol. The number of rotatable bonds is 9. The van der Waals surface area contributed by atoms with Crippen molar-refractivity contribution in [2.45, 2.75) is 64.3 Å². The smallest absolute Gasteiger partial charge is 0.383 e. The largest absolute Gasteiger partial charge is 0.472 e. The van der Waals surface area contributed by atoms with E-state index in [2.05, 4.69) is 10.9 Å². The van der Waals surface area contributed by atoms with E-state index in [1.165, 1.54) is 16.8 Å². The molecule has 28 heavy (non-hydrogen) atoms. The molecule has 1 aromatic rings. The van der Waals surface area contributed by atoms with Crippen molar-refractivity contribution in [2.24, 2.45) is 0 Å².